The molecule has 2 N–H and O–H groups in total. The van der Waals surface area contributed by atoms with Gasteiger partial charge in [0.2, 0.25) is 5.91 Å². The molecule has 7 nitrogen and oxygen atoms in total. The van der Waals surface area contributed by atoms with E-state index < -0.39 is 23.5 Å². The van der Waals surface area contributed by atoms with Gasteiger partial charge in [-0.2, -0.15) is 0 Å². The zero-order valence-electron chi connectivity index (χ0n) is 19.3. The van der Waals surface area contributed by atoms with Gasteiger partial charge in [-0.25, -0.2) is 4.79 Å². The lowest BCUT2D eigenvalue weighted by molar-refractivity contribution is -0.148. The average Bonchev–Trinajstić information content (AvgIpc) is 3.51. The van der Waals surface area contributed by atoms with Crippen LogP contribution in [-0.4, -0.2) is 53.7 Å². The fraction of sp³-hybridized carbons (Fsp3) is 0.444. The molecule has 1 saturated heterocycles. The van der Waals surface area contributed by atoms with Crippen LogP contribution in [0.4, 0.5) is 4.79 Å². The highest BCUT2D eigenvalue weighted by molar-refractivity contribution is 5.88. The number of benzene rings is 2. The second kappa shape index (κ2) is 8.78. The SMILES string of the molecule is CCC1(C(=O)O)CCN(C(=O)C(NC(=O)OCC2c3ccccc3-c3ccccc32)C2CC2)C1. The number of carboxylic acid groups (broad SMARTS) is 1. The third kappa shape index (κ3) is 3.93. The number of carbonyl (C=O) groups is 3. The van der Waals surface area contributed by atoms with E-state index in [1.165, 1.54) is 0 Å². The van der Waals surface area contributed by atoms with Gasteiger partial charge < -0.3 is 20.1 Å². The van der Waals surface area contributed by atoms with Crippen LogP contribution in [0, 0.1) is 11.3 Å². The number of fused-ring (bicyclic) bond motifs is 3. The molecule has 1 saturated carbocycles. The van der Waals surface area contributed by atoms with Crippen molar-refractivity contribution >= 4 is 18.0 Å². The van der Waals surface area contributed by atoms with Gasteiger partial charge in [0.1, 0.15) is 12.6 Å². The Morgan fingerprint density at radius 2 is 1.71 bits per heavy atom. The normalized spacial score (nSPS) is 22.1. The summed E-state index contributed by atoms with van der Waals surface area (Å²) in [5.74, 6) is -1.03. The van der Waals surface area contributed by atoms with Crippen LogP contribution in [0.1, 0.15) is 49.7 Å². The number of likely N-dealkylation sites (tertiary alicyclic amines) is 1. The summed E-state index contributed by atoms with van der Waals surface area (Å²) < 4.78 is 5.65. The first kappa shape index (κ1) is 22.4. The molecule has 2 atom stereocenters. The highest BCUT2D eigenvalue weighted by atomic mass is 16.5. The predicted octanol–water partition coefficient (Wildman–Crippen LogP) is 4.02. The molecule has 2 aliphatic carbocycles. The van der Waals surface area contributed by atoms with Gasteiger partial charge in [0.15, 0.2) is 0 Å². The van der Waals surface area contributed by atoms with E-state index >= 15 is 0 Å². The number of nitrogens with zero attached hydrogens (tertiary/aromatic N) is 1. The van der Waals surface area contributed by atoms with Crippen molar-refractivity contribution in [2.75, 3.05) is 19.7 Å². The van der Waals surface area contributed by atoms with Gasteiger partial charge in [0, 0.05) is 19.0 Å². The number of amides is 2. The minimum Gasteiger partial charge on any atom is -0.481 e. The summed E-state index contributed by atoms with van der Waals surface area (Å²) in [6.45, 7) is 2.62. The Morgan fingerprint density at radius 1 is 1.09 bits per heavy atom. The van der Waals surface area contributed by atoms with Gasteiger partial charge >= 0.3 is 12.1 Å². The quantitative estimate of drug-likeness (QED) is 0.648. The second-order valence-electron chi connectivity index (χ2n) is 9.73. The fourth-order valence-electron chi connectivity index (χ4n) is 5.45. The zero-order chi connectivity index (χ0) is 23.9. The lowest BCUT2D eigenvalue weighted by atomic mass is 9.84. The van der Waals surface area contributed by atoms with Crippen molar-refractivity contribution in [2.24, 2.45) is 11.3 Å². The lowest BCUT2D eigenvalue weighted by Gasteiger charge is -2.26. The van der Waals surface area contributed by atoms with E-state index in [-0.39, 0.29) is 30.9 Å². The van der Waals surface area contributed by atoms with E-state index in [0.29, 0.717) is 19.4 Å². The first-order valence-corrected chi connectivity index (χ1v) is 12.1. The fourth-order valence-corrected chi connectivity index (χ4v) is 5.45. The van der Waals surface area contributed by atoms with Gasteiger partial charge in [0.05, 0.1) is 5.41 Å². The molecule has 2 aromatic rings. The number of ether oxygens (including phenoxy) is 1. The summed E-state index contributed by atoms with van der Waals surface area (Å²) in [6.07, 6.45) is 2.04. The Bertz CT molecular complexity index is 1080. The van der Waals surface area contributed by atoms with Crippen LogP contribution < -0.4 is 5.32 Å². The number of nitrogens with one attached hydrogen (secondary N) is 1. The van der Waals surface area contributed by atoms with E-state index in [1.54, 1.807) is 4.90 Å². The molecule has 1 aliphatic heterocycles. The van der Waals surface area contributed by atoms with Crippen LogP contribution in [0.5, 0.6) is 0 Å². The van der Waals surface area contributed by atoms with Crippen molar-refractivity contribution in [1.82, 2.24) is 10.2 Å². The lowest BCUT2D eigenvalue weighted by Crippen LogP contribution is -2.50. The summed E-state index contributed by atoms with van der Waals surface area (Å²) in [6, 6.07) is 15.6. The van der Waals surface area contributed by atoms with Crippen LogP contribution in [0.2, 0.25) is 0 Å². The third-order valence-corrected chi connectivity index (χ3v) is 7.77. The highest BCUT2D eigenvalue weighted by Gasteiger charge is 2.48. The number of rotatable bonds is 7. The van der Waals surface area contributed by atoms with Gasteiger partial charge in [-0.1, -0.05) is 55.5 Å². The monoisotopic (exact) mass is 462 g/mol. The third-order valence-electron chi connectivity index (χ3n) is 7.77. The average molecular weight is 463 g/mol. The number of carbonyl (C=O) groups excluding carboxylic acids is 2. The molecule has 0 bridgehead atoms. The molecule has 5 rings (SSSR count). The van der Waals surface area contributed by atoms with Crippen LogP contribution in [-0.2, 0) is 14.3 Å². The Morgan fingerprint density at radius 3 is 2.24 bits per heavy atom. The highest BCUT2D eigenvalue weighted by Crippen LogP contribution is 2.44. The zero-order valence-corrected chi connectivity index (χ0v) is 19.3. The number of aliphatic carboxylic acids is 1. The summed E-state index contributed by atoms with van der Waals surface area (Å²) in [5, 5.41) is 12.5. The maximum atomic E-state index is 13.2. The molecule has 34 heavy (non-hydrogen) atoms. The van der Waals surface area contributed by atoms with Gasteiger partial charge in [0.25, 0.3) is 0 Å². The van der Waals surface area contributed by atoms with Gasteiger partial charge in [-0.05, 0) is 53.9 Å². The molecule has 0 spiro atoms. The van der Waals surface area contributed by atoms with Crippen molar-refractivity contribution < 1.29 is 24.2 Å². The Hall–Kier alpha value is -3.35. The molecular weight excluding hydrogens is 432 g/mol. The molecule has 3 aliphatic rings. The number of hydrogen-bond acceptors (Lipinski definition) is 4. The van der Waals surface area contributed by atoms with Crippen molar-refractivity contribution in [3.05, 3.63) is 59.7 Å². The van der Waals surface area contributed by atoms with Crippen molar-refractivity contribution in [3.8, 4) is 11.1 Å². The Labute approximate surface area is 199 Å². The predicted molar refractivity (Wildman–Crippen MR) is 126 cm³/mol. The molecule has 2 amide bonds. The number of carboxylic acids is 1. The van der Waals surface area contributed by atoms with Crippen molar-refractivity contribution in [2.45, 2.75) is 44.6 Å². The summed E-state index contributed by atoms with van der Waals surface area (Å²) in [7, 11) is 0. The molecule has 0 radical (unpaired) electrons. The van der Waals surface area contributed by atoms with Crippen molar-refractivity contribution in [1.29, 1.82) is 0 Å². The molecule has 2 unspecified atom stereocenters. The van der Waals surface area contributed by atoms with Crippen LogP contribution >= 0.6 is 0 Å². The summed E-state index contributed by atoms with van der Waals surface area (Å²) in [5.41, 5.74) is 3.68. The largest absolute Gasteiger partial charge is 0.481 e. The molecular formula is C27H30N2O5. The summed E-state index contributed by atoms with van der Waals surface area (Å²) in [4.78, 5) is 39.4. The topological polar surface area (TPSA) is 95.9 Å². The van der Waals surface area contributed by atoms with E-state index in [9.17, 15) is 19.5 Å². The van der Waals surface area contributed by atoms with E-state index in [4.69, 9.17) is 4.74 Å². The molecule has 1 heterocycles. The van der Waals surface area contributed by atoms with Gasteiger partial charge in [-0.15, -0.1) is 0 Å². The smallest absolute Gasteiger partial charge is 0.407 e. The Balaban J connectivity index is 1.24. The van der Waals surface area contributed by atoms with Gasteiger partial charge in [-0.3, -0.25) is 9.59 Å². The summed E-state index contributed by atoms with van der Waals surface area (Å²) >= 11 is 0. The molecule has 0 aromatic heterocycles. The minimum absolute atomic E-state index is 0.0486. The van der Waals surface area contributed by atoms with Crippen LogP contribution in [0.15, 0.2) is 48.5 Å². The maximum Gasteiger partial charge on any atom is 0.407 e. The molecule has 178 valence electrons. The van der Waals surface area contributed by atoms with Crippen LogP contribution in [0.3, 0.4) is 0 Å². The standard InChI is InChI=1S/C27H30N2O5/c1-2-27(25(31)32)13-14-29(16-27)24(30)23(17-11-12-17)28-26(33)34-15-22-20-9-5-3-7-18(20)19-8-4-6-10-21(19)22/h3-10,17,22-23H,2,11-16H2,1H3,(H,28,33)(H,31,32). The molecule has 7 heteroatoms. The van der Waals surface area contributed by atoms with E-state index in [2.05, 4.69) is 29.6 Å². The minimum atomic E-state index is -0.895. The second-order valence-corrected chi connectivity index (χ2v) is 9.73. The first-order valence-electron chi connectivity index (χ1n) is 12.1. The Kier molecular flexibility index (Phi) is 5.80. The molecule has 2 fully saturated rings. The number of alkyl carbamates (subject to hydrolysis) is 1. The first-order chi connectivity index (χ1) is 16.4. The maximum absolute atomic E-state index is 13.2. The van der Waals surface area contributed by atoms with Crippen LogP contribution in [0.25, 0.3) is 11.1 Å². The van der Waals surface area contributed by atoms with E-state index in [1.807, 2.05) is 31.2 Å². The van der Waals surface area contributed by atoms with E-state index in [0.717, 1.165) is 35.1 Å². The number of hydrogen-bond donors (Lipinski definition) is 2. The van der Waals surface area contributed by atoms with Crippen molar-refractivity contribution in [3.63, 3.8) is 0 Å². The molecule has 2 aromatic carbocycles.